The molecule has 0 aliphatic carbocycles. The normalized spacial score (nSPS) is 11.2. The number of aromatic nitrogens is 5. The lowest BCUT2D eigenvalue weighted by Gasteiger charge is -2.09. The van der Waals surface area contributed by atoms with Gasteiger partial charge in [-0.2, -0.15) is 10.2 Å². The molecule has 32 heavy (non-hydrogen) atoms. The van der Waals surface area contributed by atoms with Crippen molar-refractivity contribution in [1.82, 2.24) is 24.5 Å². The zero-order valence-corrected chi connectivity index (χ0v) is 18.1. The second-order valence-electron chi connectivity index (χ2n) is 8.05. The maximum atomic E-state index is 12.4. The van der Waals surface area contributed by atoms with Gasteiger partial charge in [-0.05, 0) is 43.2 Å². The summed E-state index contributed by atoms with van der Waals surface area (Å²) >= 11 is 0. The van der Waals surface area contributed by atoms with Gasteiger partial charge in [0.1, 0.15) is 0 Å². The molecule has 3 heterocycles. The van der Waals surface area contributed by atoms with E-state index in [0.717, 1.165) is 38.9 Å². The lowest BCUT2D eigenvalue weighted by Crippen LogP contribution is -2.23. The van der Waals surface area contributed by atoms with Crippen LogP contribution in [0.4, 0.5) is 0 Å². The molecule has 0 saturated heterocycles. The highest BCUT2D eigenvalue weighted by molar-refractivity contribution is 5.83. The van der Waals surface area contributed by atoms with Gasteiger partial charge >= 0.3 is 0 Å². The molecule has 3 aromatic heterocycles. The Bertz CT molecular complexity index is 1460. The number of pyridine rings is 1. The molecule has 0 atom stereocenters. The van der Waals surface area contributed by atoms with Crippen molar-refractivity contribution in [2.45, 2.75) is 19.9 Å². The molecule has 6 nitrogen and oxygen atoms in total. The molecule has 0 spiro atoms. The molecular weight excluding hydrogens is 398 g/mol. The lowest BCUT2D eigenvalue weighted by molar-refractivity contribution is 0.581. The highest BCUT2D eigenvalue weighted by atomic mass is 16.1. The van der Waals surface area contributed by atoms with Gasteiger partial charge in [0.2, 0.25) is 0 Å². The van der Waals surface area contributed by atoms with Gasteiger partial charge in [-0.25, -0.2) is 4.68 Å². The van der Waals surface area contributed by atoms with Crippen LogP contribution in [0.2, 0.25) is 0 Å². The van der Waals surface area contributed by atoms with Gasteiger partial charge in [0, 0.05) is 54.1 Å². The molecule has 0 bridgehead atoms. The van der Waals surface area contributed by atoms with E-state index in [1.165, 1.54) is 5.56 Å². The van der Waals surface area contributed by atoms with Crippen molar-refractivity contribution < 1.29 is 0 Å². The van der Waals surface area contributed by atoms with Crippen LogP contribution in [0.5, 0.6) is 0 Å². The van der Waals surface area contributed by atoms with E-state index >= 15 is 0 Å². The summed E-state index contributed by atoms with van der Waals surface area (Å²) in [5.41, 5.74) is 7.05. The van der Waals surface area contributed by atoms with Gasteiger partial charge < -0.3 is 0 Å². The maximum absolute atomic E-state index is 12.4. The highest BCUT2D eigenvalue weighted by Crippen LogP contribution is 2.23. The minimum atomic E-state index is -0.0952. The topological polar surface area (TPSA) is 65.6 Å². The van der Waals surface area contributed by atoms with Crippen molar-refractivity contribution in [3.05, 3.63) is 101 Å². The quantitative estimate of drug-likeness (QED) is 0.422. The average Bonchev–Trinajstić information content (AvgIpc) is 3.25. The Morgan fingerprint density at radius 2 is 1.72 bits per heavy atom. The van der Waals surface area contributed by atoms with Crippen LogP contribution < -0.4 is 5.56 Å². The van der Waals surface area contributed by atoms with Gasteiger partial charge in [-0.3, -0.25) is 14.5 Å². The number of benzene rings is 2. The van der Waals surface area contributed by atoms with Gasteiger partial charge in [0.25, 0.3) is 5.56 Å². The second-order valence-corrected chi connectivity index (χ2v) is 8.05. The first-order valence-electron chi connectivity index (χ1n) is 10.6. The lowest BCUT2D eigenvalue weighted by atomic mass is 10.1. The van der Waals surface area contributed by atoms with E-state index in [1.54, 1.807) is 21.5 Å². The summed E-state index contributed by atoms with van der Waals surface area (Å²) in [7, 11) is 1.90. The van der Waals surface area contributed by atoms with E-state index in [9.17, 15) is 4.79 Å². The Kier molecular flexibility index (Phi) is 5.11. The number of hydrogen-bond donors (Lipinski definition) is 0. The van der Waals surface area contributed by atoms with E-state index < -0.39 is 0 Å². The number of hydrogen-bond acceptors (Lipinski definition) is 4. The van der Waals surface area contributed by atoms with Crippen molar-refractivity contribution in [2.24, 2.45) is 7.05 Å². The predicted octanol–water partition coefficient (Wildman–Crippen LogP) is 4.41. The molecule has 5 rings (SSSR count). The third kappa shape index (κ3) is 4.07. The van der Waals surface area contributed by atoms with Crippen LogP contribution in [0.15, 0.2) is 84.0 Å². The van der Waals surface area contributed by atoms with Gasteiger partial charge in [-0.1, -0.05) is 35.9 Å². The summed E-state index contributed by atoms with van der Waals surface area (Å²) < 4.78 is 3.33. The van der Waals surface area contributed by atoms with E-state index in [2.05, 4.69) is 52.4 Å². The van der Waals surface area contributed by atoms with E-state index in [1.807, 2.05) is 43.8 Å². The third-order valence-corrected chi connectivity index (χ3v) is 5.61. The smallest absolute Gasteiger partial charge is 0.266 e. The molecule has 2 aromatic carbocycles. The number of nitrogens with zero attached hydrogens (tertiary/aromatic N) is 5. The van der Waals surface area contributed by atoms with Crippen LogP contribution in [0, 0.1) is 6.92 Å². The molecule has 0 aliphatic heterocycles. The fraction of sp³-hybridized carbons (Fsp3) is 0.154. The van der Waals surface area contributed by atoms with Crippen molar-refractivity contribution in [2.75, 3.05) is 0 Å². The van der Waals surface area contributed by atoms with E-state index in [-0.39, 0.29) is 5.56 Å². The summed E-state index contributed by atoms with van der Waals surface area (Å²) in [6, 6.07) is 19.9. The number of aryl methyl sites for hydroxylation is 4. The molecule has 6 heteroatoms. The van der Waals surface area contributed by atoms with Gasteiger partial charge in [0.15, 0.2) is 0 Å². The molecule has 0 radical (unpaired) electrons. The average molecular weight is 422 g/mol. The molecule has 0 saturated carbocycles. The van der Waals surface area contributed by atoms with Crippen LogP contribution in [0.3, 0.4) is 0 Å². The van der Waals surface area contributed by atoms with Gasteiger partial charge in [-0.15, -0.1) is 0 Å². The van der Waals surface area contributed by atoms with E-state index in [4.69, 9.17) is 0 Å². The standard InChI is InChI=1S/C26H23N5O/c1-18-3-6-20(7-4-18)25-9-10-26(32)31(29-25)12-11-19-5-8-24-21(13-19)14-22(15-27-24)23-16-28-30(2)17-23/h3-10,13-17H,11-12H2,1-2H3. The molecule has 0 unspecified atom stereocenters. The van der Waals surface area contributed by atoms with Crippen molar-refractivity contribution in [1.29, 1.82) is 0 Å². The summed E-state index contributed by atoms with van der Waals surface area (Å²) in [6.45, 7) is 2.57. The Hall–Kier alpha value is -4.06. The monoisotopic (exact) mass is 421 g/mol. The Labute approximate surface area is 185 Å². The van der Waals surface area contributed by atoms with Crippen molar-refractivity contribution in [3.63, 3.8) is 0 Å². The van der Waals surface area contributed by atoms with Crippen LogP contribution in [-0.2, 0) is 20.0 Å². The first kappa shape index (κ1) is 19.9. The molecule has 0 aliphatic rings. The summed E-state index contributed by atoms with van der Waals surface area (Å²) in [5, 5.41) is 9.90. The van der Waals surface area contributed by atoms with Crippen LogP contribution in [0.1, 0.15) is 11.1 Å². The minimum absolute atomic E-state index is 0.0952. The number of fused-ring (bicyclic) bond motifs is 1. The molecular formula is C26H23N5O. The Balaban J connectivity index is 1.39. The van der Waals surface area contributed by atoms with E-state index in [0.29, 0.717) is 13.0 Å². The molecule has 158 valence electrons. The summed E-state index contributed by atoms with van der Waals surface area (Å²) in [5.74, 6) is 0. The SMILES string of the molecule is Cc1ccc(-c2ccc(=O)n(CCc3ccc4ncc(-c5cnn(C)c5)cc4c3)n2)cc1. The Morgan fingerprint density at radius 1 is 0.875 bits per heavy atom. The Morgan fingerprint density at radius 3 is 2.50 bits per heavy atom. The number of rotatable bonds is 5. The molecule has 0 N–H and O–H groups in total. The van der Waals surface area contributed by atoms with Crippen LogP contribution in [0.25, 0.3) is 33.3 Å². The molecule has 0 amide bonds. The first-order valence-corrected chi connectivity index (χ1v) is 10.6. The zero-order chi connectivity index (χ0) is 22.1. The van der Waals surface area contributed by atoms with Gasteiger partial charge in [0.05, 0.1) is 17.4 Å². The zero-order valence-electron chi connectivity index (χ0n) is 18.1. The third-order valence-electron chi connectivity index (χ3n) is 5.61. The van der Waals surface area contributed by atoms with Crippen LogP contribution in [-0.4, -0.2) is 24.5 Å². The molecule has 5 aromatic rings. The fourth-order valence-electron chi connectivity index (χ4n) is 3.79. The largest absolute Gasteiger partial charge is 0.275 e. The fourth-order valence-corrected chi connectivity index (χ4v) is 3.79. The maximum Gasteiger partial charge on any atom is 0.266 e. The summed E-state index contributed by atoms with van der Waals surface area (Å²) in [4.78, 5) is 17.0. The summed E-state index contributed by atoms with van der Waals surface area (Å²) in [6.07, 6.45) is 6.40. The first-order chi connectivity index (χ1) is 15.5. The second kappa shape index (κ2) is 8.23. The molecule has 0 fully saturated rings. The minimum Gasteiger partial charge on any atom is -0.275 e. The van der Waals surface area contributed by atoms with Crippen LogP contribution >= 0.6 is 0 Å². The van der Waals surface area contributed by atoms with Crippen molar-refractivity contribution >= 4 is 10.9 Å². The predicted molar refractivity (Wildman–Crippen MR) is 126 cm³/mol. The van der Waals surface area contributed by atoms with Crippen molar-refractivity contribution in [3.8, 4) is 22.4 Å². The highest BCUT2D eigenvalue weighted by Gasteiger charge is 2.07.